The number of carbonyl (C=O) groups excluding carboxylic acids is 2. The highest BCUT2D eigenvalue weighted by molar-refractivity contribution is 5.87. The molecule has 2 aromatic rings. The zero-order chi connectivity index (χ0) is 25.6. The Kier molecular flexibility index (Phi) is 8.54. The van der Waals surface area contributed by atoms with E-state index in [4.69, 9.17) is 4.74 Å². The van der Waals surface area contributed by atoms with Gasteiger partial charge in [-0.2, -0.15) is 0 Å². The van der Waals surface area contributed by atoms with Crippen LogP contribution in [0.4, 0.5) is 4.79 Å². The highest BCUT2D eigenvalue weighted by atomic mass is 16.5. The van der Waals surface area contributed by atoms with E-state index in [9.17, 15) is 19.5 Å². The van der Waals surface area contributed by atoms with Crippen molar-refractivity contribution in [3.63, 3.8) is 0 Å². The van der Waals surface area contributed by atoms with Gasteiger partial charge in [0, 0.05) is 17.9 Å². The number of hydrogen-bond donors (Lipinski definition) is 3. The molecular weight excluding hydrogens is 444 g/mol. The summed E-state index contributed by atoms with van der Waals surface area (Å²) in [4.78, 5) is 36.7. The minimum Gasteiger partial charge on any atom is -0.480 e. The molecule has 0 saturated carbocycles. The van der Waals surface area contributed by atoms with Gasteiger partial charge in [-0.15, -0.1) is 0 Å². The summed E-state index contributed by atoms with van der Waals surface area (Å²) in [6.07, 6.45) is 1.03. The second kappa shape index (κ2) is 11.4. The topological polar surface area (TPSA) is 105 Å². The first-order chi connectivity index (χ1) is 16.6. The first kappa shape index (κ1) is 26.3. The van der Waals surface area contributed by atoms with Crippen molar-refractivity contribution in [2.75, 3.05) is 13.2 Å². The van der Waals surface area contributed by atoms with E-state index in [1.54, 1.807) is 13.8 Å². The maximum absolute atomic E-state index is 12.7. The van der Waals surface area contributed by atoms with Gasteiger partial charge in [0.2, 0.25) is 5.91 Å². The van der Waals surface area contributed by atoms with Crippen molar-refractivity contribution < 1.29 is 24.2 Å². The van der Waals surface area contributed by atoms with Gasteiger partial charge in [0.1, 0.15) is 12.6 Å². The predicted molar refractivity (Wildman–Crippen MR) is 135 cm³/mol. The summed E-state index contributed by atoms with van der Waals surface area (Å²) in [7, 11) is 0. The molecule has 3 rings (SSSR count). The standard InChI is InChI=1S/C28H36N2O5/c1-5-18(2)16-24(25(31)32)30-26(33)28(3,4)14-15-29-27(34)35-17-23-21-12-8-6-10-19(21)20-11-7-9-13-22(20)23/h6-13,18,23-24H,5,14-17H2,1-4H3,(H,29,34)(H,30,33)(H,31,32). The summed E-state index contributed by atoms with van der Waals surface area (Å²) in [5.41, 5.74) is 3.77. The van der Waals surface area contributed by atoms with Crippen LogP contribution in [0.3, 0.4) is 0 Å². The summed E-state index contributed by atoms with van der Waals surface area (Å²) in [6.45, 7) is 7.89. The molecule has 2 aromatic carbocycles. The average Bonchev–Trinajstić information content (AvgIpc) is 3.15. The number of carboxylic acids is 1. The summed E-state index contributed by atoms with van der Waals surface area (Å²) in [6, 6.07) is 15.4. The lowest BCUT2D eigenvalue weighted by Crippen LogP contribution is -2.48. The van der Waals surface area contributed by atoms with Gasteiger partial charge in [0.05, 0.1) is 0 Å². The number of nitrogens with one attached hydrogen (secondary N) is 2. The van der Waals surface area contributed by atoms with E-state index in [1.807, 2.05) is 38.1 Å². The number of alkyl carbamates (subject to hydrolysis) is 1. The van der Waals surface area contributed by atoms with Crippen LogP contribution in [0.5, 0.6) is 0 Å². The van der Waals surface area contributed by atoms with E-state index in [-0.39, 0.29) is 30.9 Å². The highest BCUT2D eigenvalue weighted by Gasteiger charge is 2.32. The molecule has 7 nitrogen and oxygen atoms in total. The van der Waals surface area contributed by atoms with Crippen molar-refractivity contribution in [2.24, 2.45) is 11.3 Å². The highest BCUT2D eigenvalue weighted by Crippen LogP contribution is 2.44. The Morgan fingerprint density at radius 3 is 2.14 bits per heavy atom. The molecule has 35 heavy (non-hydrogen) atoms. The van der Waals surface area contributed by atoms with E-state index in [0.29, 0.717) is 12.8 Å². The molecular formula is C28H36N2O5. The van der Waals surface area contributed by atoms with Gasteiger partial charge >= 0.3 is 12.1 Å². The van der Waals surface area contributed by atoms with Crippen molar-refractivity contribution >= 4 is 18.0 Å². The summed E-state index contributed by atoms with van der Waals surface area (Å²) < 4.78 is 5.54. The van der Waals surface area contributed by atoms with Gasteiger partial charge in [0.15, 0.2) is 0 Å². The summed E-state index contributed by atoms with van der Waals surface area (Å²) in [5, 5.41) is 14.8. The monoisotopic (exact) mass is 480 g/mol. The Morgan fingerprint density at radius 2 is 1.60 bits per heavy atom. The first-order valence-electron chi connectivity index (χ1n) is 12.3. The minimum absolute atomic E-state index is 0.0196. The second-order valence-corrected chi connectivity index (χ2v) is 10.00. The van der Waals surface area contributed by atoms with Gasteiger partial charge in [-0.05, 0) is 41.0 Å². The SMILES string of the molecule is CCC(C)CC(NC(=O)C(C)(C)CCNC(=O)OCC1c2ccccc2-c2ccccc21)C(=O)O. The Morgan fingerprint density at radius 1 is 1.03 bits per heavy atom. The molecule has 3 N–H and O–H groups in total. The lowest BCUT2D eigenvalue weighted by Gasteiger charge is -2.27. The number of benzene rings is 2. The molecule has 0 fully saturated rings. The third-order valence-corrected chi connectivity index (χ3v) is 6.92. The number of aliphatic carboxylic acids is 1. The predicted octanol–water partition coefficient (Wildman–Crippen LogP) is 4.95. The van der Waals surface area contributed by atoms with E-state index in [1.165, 1.54) is 0 Å². The Bertz CT molecular complexity index is 1020. The van der Waals surface area contributed by atoms with E-state index >= 15 is 0 Å². The maximum Gasteiger partial charge on any atom is 0.407 e. The van der Waals surface area contributed by atoms with Crippen LogP contribution in [0.2, 0.25) is 0 Å². The van der Waals surface area contributed by atoms with Gasteiger partial charge in [-0.25, -0.2) is 9.59 Å². The normalized spacial score (nSPS) is 14.4. The third kappa shape index (κ3) is 6.41. The molecule has 1 aliphatic carbocycles. The Balaban J connectivity index is 1.49. The molecule has 2 amide bonds. The number of hydrogen-bond acceptors (Lipinski definition) is 4. The number of ether oxygens (including phenoxy) is 1. The van der Waals surface area contributed by atoms with Crippen LogP contribution in [0, 0.1) is 11.3 Å². The van der Waals surface area contributed by atoms with Crippen LogP contribution >= 0.6 is 0 Å². The second-order valence-electron chi connectivity index (χ2n) is 10.00. The fourth-order valence-electron chi connectivity index (χ4n) is 4.38. The fourth-order valence-corrected chi connectivity index (χ4v) is 4.38. The van der Waals surface area contributed by atoms with Crippen molar-refractivity contribution in [2.45, 2.75) is 58.9 Å². The molecule has 0 aliphatic heterocycles. The molecule has 0 aromatic heterocycles. The molecule has 1 aliphatic rings. The van der Waals surface area contributed by atoms with Crippen molar-refractivity contribution in [3.05, 3.63) is 59.7 Å². The van der Waals surface area contributed by atoms with E-state index in [0.717, 1.165) is 28.7 Å². The average molecular weight is 481 g/mol. The minimum atomic E-state index is -1.04. The Labute approximate surface area is 207 Å². The zero-order valence-corrected chi connectivity index (χ0v) is 21.0. The van der Waals surface area contributed by atoms with Crippen LogP contribution in [-0.4, -0.2) is 42.3 Å². The molecule has 0 spiro atoms. The van der Waals surface area contributed by atoms with Crippen molar-refractivity contribution in [3.8, 4) is 11.1 Å². The van der Waals surface area contributed by atoms with Gasteiger partial charge in [0.25, 0.3) is 0 Å². The first-order valence-corrected chi connectivity index (χ1v) is 12.3. The number of fused-ring (bicyclic) bond motifs is 3. The molecule has 2 unspecified atom stereocenters. The lowest BCUT2D eigenvalue weighted by atomic mass is 9.87. The molecule has 7 heteroatoms. The molecule has 0 saturated heterocycles. The van der Waals surface area contributed by atoms with Crippen LogP contribution in [0.1, 0.15) is 64.0 Å². The lowest BCUT2D eigenvalue weighted by molar-refractivity contribution is -0.144. The summed E-state index contributed by atoms with van der Waals surface area (Å²) >= 11 is 0. The number of amides is 2. The third-order valence-electron chi connectivity index (χ3n) is 6.92. The van der Waals surface area contributed by atoms with Gasteiger partial charge < -0.3 is 20.5 Å². The summed E-state index contributed by atoms with van der Waals surface area (Å²) in [5.74, 6) is -1.21. The Hall–Kier alpha value is -3.35. The molecule has 0 bridgehead atoms. The van der Waals surface area contributed by atoms with Gasteiger partial charge in [-0.1, -0.05) is 82.6 Å². The van der Waals surface area contributed by atoms with E-state index < -0.39 is 23.5 Å². The molecule has 188 valence electrons. The van der Waals surface area contributed by atoms with Crippen LogP contribution in [0.15, 0.2) is 48.5 Å². The van der Waals surface area contributed by atoms with Crippen LogP contribution in [-0.2, 0) is 14.3 Å². The van der Waals surface area contributed by atoms with Crippen molar-refractivity contribution in [1.29, 1.82) is 0 Å². The largest absolute Gasteiger partial charge is 0.480 e. The fraction of sp³-hybridized carbons (Fsp3) is 0.464. The number of carboxylic acid groups (broad SMARTS) is 1. The molecule has 0 radical (unpaired) electrons. The van der Waals surface area contributed by atoms with Crippen LogP contribution < -0.4 is 10.6 Å². The van der Waals surface area contributed by atoms with E-state index in [2.05, 4.69) is 34.9 Å². The quantitative estimate of drug-likeness (QED) is 0.422. The van der Waals surface area contributed by atoms with Crippen molar-refractivity contribution in [1.82, 2.24) is 10.6 Å². The molecule has 2 atom stereocenters. The maximum atomic E-state index is 12.7. The van der Waals surface area contributed by atoms with Gasteiger partial charge in [-0.3, -0.25) is 4.79 Å². The number of carbonyl (C=O) groups is 3. The number of rotatable bonds is 11. The molecule has 0 heterocycles. The zero-order valence-electron chi connectivity index (χ0n) is 21.0. The van der Waals surface area contributed by atoms with Crippen LogP contribution in [0.25, 0.3) is 11.1 Å². The smallest absolute Gasteiger partial charge is 0.407 e.